The van der Waals surface area contributed by atoms with Crippen molar-refractivity contribution in [2.45, 2.75) is 23.0 Å². The Morgan fingerprint density at radius 3 is 2.64 bits per heavy atom. The van der Waals surface area contributed by atoms with Crippen molar-refractivity contribution in [3.05, 3.63) is 54.9 Å². The van der Waals surface area contributed by atoms with Crippen molar-refractivity contribution >= 4 is 23.3 Å². The first-order valence-corrected chi connectivity index (χ1v) is 9.34. The summed E-state index contributed by atoms with van der Waals surface area (Å²) >= 11 is 2.86. The van der Waals surface area contributed by atoms with E-state index in [2.05, 4.69) is 36.0 Å². The summed E-state index contributed by atoms with van der Waals surface area (Å²) in [7, 11) is 0. The van der Waals surface area contributed by atoms with E-state index in [-0.39, 0.29) is 0 Å². The summed E-state index contributed by atoms with van der Waals surface area (Å²) in [4.78, 5) is 8.77. The Labute approximate surface area is 153 Å². The third-order valence-electron chi connectivity index (χ3n) is 3.57. The van der Waals surface area contributed by atoms with Gasteiger partial charge in [-0.25, -0.2) is 4.98 Å². The average Bonchev–Trinajstić information content (AvgIpc) is 3.30. The van der Waals surface area contributed by atoms with Gasteiger partial charge in [-0.1, -0.05) is 30.3 Å². The fraction of sp³-hybridized carbons (Fsp3) is 0.118. The topological polar surface area (TPSA) is 69.4 Å². The van der Waals surface area contributed by atoms with Gasteiger partial charge in [0.25, 0.3) is 0 Å². The summed E-state index contributed by atoms with van der Waals surface area (Å²) in [5.74, 6) is 1.55. The molecule has 0 radical (unpaired) electrons. The van der Waals surface area contributed by atoms with Crippen molar-refractivity contribution in [3.8, 4) is 22.8 Å². The molecular weight excluding hydrogens is 352 g/mol. The molecular formula is C17H14N6S2. The SMILES string of the molecule is CCn1c(Sc2nc(-c3ccccc3)ns2)nnc1-c1cccnc1. The van der Waals surface area contributed by atoms with Crippen molar-refractivity contribution in [3.63, 3.8) is 0 Å². The van der Waals surface area contributed by atoms with Gasteiger partial charge in [-0.3, -0.25) is 4.98 Å². The summed E-state index contributed by atoms with van der Waals surface area (Å²) in [6, 6.07) is 13.8. The molecule has 0 fully saturated rings. The van der Waals surface area contributed by atoms with E-state index in [1.165, 1.54) is 23.3 Å². The first-order chi connectivity index (χ1) is 12.3. The molecule has 0 aliphatic rings. The van der Waals surface area contributed by atoms with Gasteiger partial charge in [-0.2, -0.15) is 4.37 Å². The molecule has 3 heterocycles. The molecule has 0 aliphatic heterocycles. The van der Waals surface area contributed by atoms with E-state index in [0.717, 1.165) is 38.8 Å². The van der Waals surface area contributed by atoms with E-state index in [9.17, 15) is 0 Å². The Morgan fingerprint density at radius 2 is 1.88 bits per heavy atom. The van der Waals surface area contributed by atoms with Crippen molar-refractivity contribution in [2.75, 3.05) is 0 Å². The van der Waals surface area contributed by atoms with Crippen LogP contribution in [-0.2, 0) is 6.54 Å². The highest BCUT2D eigenvalue weighted by molar-refractivity contribution is 8.00. The van der Waals surface area contributed by atoms with Gasteiger partial charge in [0.15, 0.2) is 21.1 Å². The van der Waals surface area contributed by atoms with Gasteiger partial charge in [0, 0.05) is 30.1 Å². The van der Waals surface area contributed by atoms with E-state index < -0.39 is 0 Å². The number of benzene rings is 1. The lowest BCUT2D eigenvalue weighted by atomic mass is 10.2. The van der Waals surface area contributed by atoms with Crippen molar-refractivity contribution in [1.29, 1.82) is 0 Å². The van der Waals surface area contributed by atoms with Gasteiger partial charge in [-0.05, 0) is 42.4 Å². The van der Waals surface area contributed by atoms with Crippen LogP contribution in [0.5, 0.6) is 0 Å². The van der Waals surface area contributed by atoms with Gasteiger partial charge in [0.05, 0.1) is 0 Å². The Morgan fingerprint density at radius 1 is 1.04 bits per heavy atom. The minimum Gasteiger partial charge on any atom is -0.302 e. The second kappa shape index (κ2) is 7.12. The van der Waals surface area contributed by atoms with Crippen molar-refractivity contribution in [2.24, 2.45) is 0 Å². The van der Waals surface area contributed by atoms with E-state index in [1.54, 1.807) is 12.4 Å². The molecule has 4 aromatic rings. The predicted octanol–water partition coefficient (Wildman–Crippen LogP) is 4.03. The standard InChI is InChI=1S/C17H14N6S2/c1-2-23-15(13-9-6-10-18-11-13)20-21-16(23)24-17-19-14(22-25-17)12-7-4-3-5-8-12/h3-11H,2H2,1H3. The van der Waals surface area contributed by atoms with Crippen LogP contribution < -0.4 is 0 Å². The lowest BCUT2D eigenvalue weighted by Crippen LogP contribution is -1.99. The van der Waals surface area contributed by atoms with E-state index in [4.69, 9.17) is 0 Å². The fourth-order valence-electron chi connectivity index (χ4n) is 2.39. The molecule has 0 atom stereocenters. The van der Waals surface area contributed by atoms with E-state index in [0.29, 0.717) is 0 Å². The Kier molecular flexibility index (Phi) is 4.53. The highest BCUT2D eigenvalue weighted by Crippen LogP contribution is 2.32. The molecule has 0 bridgehead atoms. The normalized spacial score (nSPS) is 10.9. The molecule has 4 rings (SSSR count). The molecule has 1 aromatic carbocycles. The zero-order valence-corrected chi connectivity index (χ0v) is 15.0. The smallest absolute Gasteiger partial charge is 0.198 e. The average molecular weight is 366 g/mol. The molecule has 6 nitrogen and oxygen atoms in total. The number of pyridine rings is 1. The summed E-state index contributed by atoms with van der Waals surface area (Å²) in [5.41, 5.74) is 1.96. The number of nitrogens with zero attached hydrogens (tertiary/aromatic N) is 6. The Bertz CT molecular complexity index is 965. The van der Waals surface area contributed by atoms with Crippen LogP contribution in [0.4, 0.5) is 0 Å². The highest BCUT2D eigenvalue weighted by Gasteiger charge is 2.16. The molecule has 0 saturated heterocycles. The molecule has 0 aliphatic carbocycles. The predicted molar refractivity (Wildman–Crippen MR) is 98.4 cm³/mol. The van der Waals surface area contributed by atoms with Crippen LogP contribution in [0, 0.1) is 0 Å². The minimum absolute atomic E-state index is 0.739. The number of aromatic nitrogens is 6. The number of hydrogen-bond acceptors (Lipinski definition) is 7. The van der Waals surface area contributed by atoms with Crippen LogP contribution >= 0.6 is 23.3 Å². The monoisotopic (exact) mass is 366 g/mol. The second-order valence-electron chi connectivity index (χ2n) is 5.14. The molecule has 3 aromatic heterocycles. The van der Waals surface area contributed by atoms with E-state index in [1.807, 2.05) is 42.5 Å². The Balaban J connectivity index is 1.62. The van der Waals surface area contributed by atoms with Gasteiger partial charge in [0.2, 0.25) is 0 Å². The zero-order chi connectivity index (χ0) is 17.1. The first kappa shape index (κ1) is 15.9. The van der Waals surface area contributed by atoms with Crippen LogP contribution in [0.1, 0.15) is 6.92 Å². The molecule has 0 saturated carbocycles. The maximum Gasteiger partial charge on any atom is 0.198 e. The Hall–Kier alpha value is -2.58. The van der Waals surface area contributed by atoms with Gasteiger partial charge < -0.3 is 4.57 Å². The molecule has 124 valence electrons. The van der Waals surface area contributed by atoms with Crippen LogP contribution in [-0.4, -0.2) is 29.1 Å². The third kappa shape index (κ3) is 3.31. The minimum atomic E-state index is 0.739. The maximum atomic E-state index is 4.61. The molecule has 25 heavy (non-hydrogen) atoms. The first-order valence-electron chi connectivity index (χ1n) is 7.75. The van der Waals surface area contributed by atoms with Gasteiger partial charge in [0.1, 0.15) is 0 Å². The summed E-state index contributed by atoms with van der Waals surface area (Å²) in [6.45, 7) is 2.84. The molecule has 0 unspecified atom stereocenters. The fourth-order valence-corrected chi connectivity index (χ4v) is 4.01. The third-order valence-corrected chi connectivity index (χ3v) is 5.31. The molecule has 0 spiro atoms. The zero-order valence-electron chi connectivity index (χ0n) is 13.4. The van der Waals surface area contributed by atoms with Gasteiger partial charge >= 0.3 is 0 Å². The number of hydrogen-bond donors (Lipinski definition) is 0. The van der Waals surface area contributed by atoms with Crippen LogP contribution in [0.3, 0.4) is 0 Å². The molecule has 0 N–H and O–H groups in total. The lowest BCUT2D eigenvalue weighted by Gasteiger charge is -2.05. The summed E-state index contributed by atoms with van der Waals surface area (Å²) in [5, 5.41) is 9.46. The highest BCUT2D eigenvalue weighted by atomic mass is 32.2. The lowest BCUT2D eigenvalue weighted by molar-refractivity contribution is 0.687. The number of rotatable bonds is 5. The largest absolute Gasteiger partial charge is 0.302 e. The van der Waals surface area contributed by atoms with Crippen LogP contribution in [0.25, 0.3) is 22.8 Å². The second-order valence-corrected chi connectivity index (χ2v) is 7.11. The van der Waals surface area contributed by atoms with Gasteiger partial charge in [-0.15, -0.1) is 10.2 Å². The van der Waals surface area contributed by atoms with E-state index >= 15 is 0 Å². The summed E-state index contributed by atoms with van der Waals surface area (Å²) in [6.07, 6.45) is 3.54. The summed E-state index contributed by atoms with van der Waals surface area (Å²) < 4.78 is 7.35. The van der Waals surface area contributed by atoms with Crippen LogP contribution in [0.15, 0.2) is 64.4 Å². The maximum absolute atomic E-state index is 4.61. The van der Waals surface area contributed by atoms with Crippen molar-refractivity contribution < 1.29 is 0 Å². The molecule has 8 heteroatoms. The molecule has 0 amide bonds. The van der Waals surface area contributed by atoms with Crippen molar-refractivity contribution in [1.82, 2.24) is 29.1 Å². The van der Waals surface area contributed by atoms with Crippen LogP contribution in [0.2, 0.25) is 0 Å². The quantitative estimate of drug-likeness (QED) is 0.531.